The van der Waals surface area contributed by atoms with E-state index >= 15 is 0 Å². The molecule has 6 atom stereocenters. The highest BCUT2D eigenvalue weighted by molar-refractivity contribution is 5.85. The number of anilines is 3. The van der Waals surface area contributed by atoms with Gasteiger partial charge in [-0.15, -0.1) is 0 Å². The van der Waals surface area contributed by atoms with Crippen LogP contribution in [0.2, 0.25) is 0 Å². The molecule has 58 heavy (non-hydrogen) atoms. The van der Waals surface area contributed by atoms with Gasteiger partial charge in [-0.2, -0.15) is 0 Å². The molecule has 5 aromatic rings. The monoisotopic (exact) mass is 763 g/mol. The molecule has 4 fully saturated rings. The largest absolute Gasteiger partial charge is 0.457 e. The zero-order valence-electron chi connectivity index (χ0n) is 36.1. The lowest BCUT2D eigenvalue weighted by atomic mass is 9.26. The molecular weight excluding hydrogens is 703 g/mol. The second kappa shape index (κ2) is 11.3. The van der Waals surface area contributed by atoms with Gasteiger partial charge in [-0.3, -0.25) is 0 Å². The van der Waals surface area contributed by atoms with Crippen LogP contribution >= 0.6 is 0 Å². The Morgan fingerprint density at radius 3 is 1.69 bits per heavy atom. The third-order valence-electron chi connectivity index (χ3n) is 18.1. The molecule has 6 aliphatic carbocycles. The Kier molecular flexibility index (Phi) is 6.93. The molecule has 2 bridgehead atoms. The van der Waals surface area contributed by atoms with Crippen molar-refractivity contribution in [2.75, 3.05) is 4.90 Å². The van der Waals surface area contributed by atoms with Gasteiger partial charge < -0.3 is 9.64 Å². The van der Waals surface area contributed by atoms with E-state index < -0.39 is 0 Å². The zero-order chi connectivity index (χ0) is 39.8. The van der Waals surface area contributed by atoms with E-state index in [0.717, 1.165) is 23.3 Å². The Hall–Kier alpha value is -4.30. The first-order chi connectivity index (χ1) is 27.7. The Bertz CT molecular complexity index is 2480. The smallest absolute Gasteiger partial charge is 0.133 e. The molecule has 7 aliphatic rings. The third-order valence-corrected chi connectivity index (χ3v) is 18.1. The molecule has 0 N–H and O–H groups in total. The SMILES string of the molecule is CC1(C)CCC(C)(C)c2c(N(c3ccc4c(c3)Oc3cc(-c5ccccc5)ccc3C43C4CC5CC6CC3C64C5)c3cccc4c3C(C)(C)CCC4(C)C)cccc21. The van der Waals surface area contributed by atoms with Crippen molar-refractivity contribution in [2.24, 2.45) is 29.1 Å². The molecule has 0 aromatic heterocycles. The van der Waals surface area contributed by atoms with Gasteiger partial charge in [0.15, 0.2) is 0 Å². The summed E-state index contributed by atoms with van der Waals surface area (Å²) in [5.74, 6) is 5.42. The van der Waals surface area contributed by atoms with E-state index in [1.807, 2.05) is 0 Å². The number of rotatable bonds is 4. The van der Waals surface area contributed by atoms with Crippen LogP contribution in [0.4, 0.5) is 17.1 Å². The quantitative estimate of drug-likeness (QED) is 0.181. The van der Waals surface area contributed by atoms with E-state index in [1.54, 1.807) is 0 Å². The lowest BCUT2D eigenvalue weighted by Gasteiger charge is -2.77. The molecule has 1 heterocycles. The third kappa shape index (κ3) is 4.35. The highest BCUT2D eigenvalue weighted by atomic mass is 16.5. The van der Waals surface area contributed by atoms with Crippen molar-refractivity contribution < 1.29 is 4.74 Å². The van der Waals surface area contributed by atoms with Crippen molar-refractivity contribution in [1.82, 2.24) is 0 Å². The topological polar surface area (TPSA) is 12.5 Å². The number of nitrogens with zero attached hydrogens (tertiary/aromatic N) is 1. The minimum Gasteiger partial charge on any atom is -0.457 e. The second-order valence-corrected chi connectivity index (χ2v) is 22.7. The Labute approximate surface area is 347 Å². The van der Waals surface area contributed by atoms with E-state index in [2.05, 4.69) is 163 Å². The van der Waals surface area contributed by atoms with Gasteiger partial charge in [0.05, 0.1) is 11.4 Å². The number of fused-ring (bicyclic) bond motifs is 9. The van der Waals surface area contributed by atoms with Gasteiger partial charge in [0.2, 0.25) is 0 Å². The van der Waals surface area contributed by atoms with Crippen LogP contribution < -0.4 is 9.64 Å². The van der Waals surface area contributed by atoms with Crippen LogP contribution in [-0.2, 0) is 27.1 Å². The van der Waals surface area contributed by atoms with Gasteiger partial charge in [0, 0.05) is 28.3 Å². The van der Waals surface area contributed by atoms with Gasteiger partial charge in [-0.1, -0.05) is 128 Å². The van der Waals surface area contributed by atoms with Crippen LogP contribution in [0.1, 0.15) is 140 Å². The van der Waals surface area contributed by atoms with Crippen LogP contribution in [0, 0.1) is 29.1 Å². The number of ether oxygens (including phenoxy) is 1. The first-order valence-electron chi connectivity index (χ1n) is 22.8. The molecule has 2 nitrogen and oxygen atoms in total. The lowest BCUT2D eigenvalue weighted by Crippen LogP contribution is -2.74. The minimum absolute atomic E-state index is 0.0308. The number of hydrogen-bond acceptors (Lipinski definition) is 2. The van der Waals surface area contributed by atoms with Gasteiger partial charge >= 0.3 is 0 Å². The zero-order valence-corrected chi connectivity index (χ0v) is 36.1. The standard InChI is InChI=1S/C56H61NO/c1-51(2)24-26-53(5,6)49-41(51)16-12-18-43(49)57(44-19-13-17-42-50(44)54(7,8)27-25-52(42,3)4)38-21-23-40-46(32-38)58-45-30-36(35-14-10-9-11-15-35)20-22-39(45)56(40)47-29-34-28-37-31-48(56)55(37,47)33-34/h9-23,30,32,34,37,47-48H,24-29,31,33H2,1-8H3. The summed E-state index contributed by atoms with van der Waals surface area (Å²) in [7, 11) is 0. The van der Waals surface area contributed by atoms with Crippen molar-refractivity contribution in [1.29, 1.82) is 0 Å². The average Bonchev–Trinajstić information content (AvgIpc) is 3.74. The van der Waals surface area contributed by atoms with E-state index in [9.17, 15) is 0 Å². The van der Waals surface area contributed by atoms with Gasteiger partial charge in [0.25, 0.3) is 0 Å². The molecule has 5 aromatic carbocycles. The maximum absolute atomic E-state index is 7.37. The molecule has 296 valence electrons. The van der Waals surface area contributed by atoms with E-state index in [0.29, 0.717) is 17.3 Å². The van der Waals surface area contributed by atoms with Crippen LogP contribution in [0.5, 0.6) is 11.5 Å². The second-order valence-electron chi connectivity index (χ2n) is 22.7. The fourth-order valence-electron chi connectivity index (χ4n) is 15.3. The molecule has 0 saturated heterocycles. The first kappa shape index (κ1) is 35.6. The van der Waals surface area contributed by atoms with Gasteiger partial charge in [0.1, 0.15) is 11.5 Å². The van der Waals surface area contributed by atoms with Crippen molar-refractivity contribution in [3.63, 3.8) is 0 Å². The van der Waals surface area contributed by atoms with Crippen molar-refractivity contribution in [2.45, 2.75) is 134 Å². The molecule has 0 amide bonds. The summed E-state index contributed by atoms with van der Waals surface area (Å²) in [6.45, 7) is 19.8. The summed E-state index contributed by atoms with van der Waals surface area (Å²) in [6, 6.07) is 40.1. The summed E-state index contributed by atoms with van der Waals surface area (Å²) >= 11 is 0. The van der Waals surface area contributed by atoms with Crippen molar-refractivity contribution in [3.8, 4) is 22.6 Å². The predicted molar refractivity (Wildman–Crippen MR) is 239 cm³/mol. The lowest BCUT2D eigenvalue weighted by molar-refractivity contribution is -0.235. The molecule has 2 heteroatoms. The molecule has 12 rings (SSSR count). The summed E-state index contributed by atoms with van der Waals surface area (Å²) in [5.41, 5.74) is 16.2. The molecule has 6 unspecified atom stereocenters. The van der Waals surface area contributed by atoms with Crippen LogP contribution in [-0.4, -0.2) is 0 Å². The first-order valence-corrected chi connectivity index (χ1v) is 22.8. The highest BCUT2D eigenvalue weighted by Gasteiger charge is 2.84. The van der Waals surface area contributed by atoms with Crippen LogP contribution in [0.3, 0.4) is 0 Å². The Morgan fingerprint density at radius 1 is 0.500 bits per heavy atom. The van der Waals surface area contributed by atoms with Crippen molar-refractivity contribution >= 4 is 17.1 Å². The van der Waals surface area contributed by atoms with E-state index in [-0.39, 0.29) is 27.1 Å². The molecule has 1 aliphatic heterocycles. The average molecular weight is 764 g/mol. The fourth-order valence-corrected chi connectivity index (χ4v) is 15.3. The summed E-state index contributed by atoms with van der Waals surface area (Å²) < 4.78 is 7.37. The molecule has 4 saturated carbocycles. The maximum Gasteiger partial charge on any atom is 0.133 e. The van der Waals surface area contributed by atoms with E-state index in [4.69, 9.17) is 4.74 Å². The number of benzene rings is 5. The minimum atomic E-state index is 0.0308. The van der Waals surface area contributed by atoms with Gasteiger partial charge in [-0.05, 0) is 160 Å². The van der Waals surface area contributed by atoms with Crippen molar-refractivity contribution in [3.05, 3.63) is 137 Å². The predicted octanol–water partition coefficient (Wildman–Crippen LogP) is 15.0. The molecule has 0 radical (unpaired) electrons. The fraction of sp³-hybridized carbons (Fsp3) is 0.464. The van der Waals surface area contributed by atoms with Crippen LogP contribution in [0.25, 0.3) is 11.1 Å². The van der Waals surface area contributed by atoms with Crippen LogP contribution in [0.15, 0.2) is 103 Å². The normalized spacial score (nSPS) is 31.4. The number of hydrogen-bond donors (Lipinski definition) is 0. The molecule has 2 spiro atoms. The highest BCUT2D eigenvalue weighted by Crippen LogP contribution is 2.89. The molecular formula is C56H61NO. The summed E-state index contributed by atoms with van der Waals surface area (Å²) in [6.07, 6.45) is 10.4. The Balaban J connectivity index is 1.10. The van der Waals surface area contributed by atoms with Gasteiger partial charge in [-0.25, -0.2) is 0 Å². The Morgan fingerprint density at radius 2 is 1.07 bits per heavy atom. The maximum atomic E-state index is 7.37. The summed E-state index contributed by atoms with van der Waals surface area (Å²) in [4.78, 5) is 2.69. The summed E-state index contributed by atoms with van der Waals surface area (Å²) in [5, 5.41) is 0. The van der Waals surface area contributed by atoms with E-state index in [1.165, 1.54) is 113 Å².